The van der Waals surface area contributed by atoms with Crippen molar-refractivity contribution in [1.82, 2.24) is 20.9 Å². The van der Waals surface area contributed by atoms with Crippen molar-refractivity contribution in [1.29, 1.82) is 0 Å². The summed E-state index contributed by atoms with van der Waals surface area (Å²) in [6, 6.07) is 2.85. The number of ether oxygens (including phenoxy) is 1. The smallest absolute Gasteiger partial charge is 0.325 e. The third-order valence-electron chi connectivity index (χ3n) is 2.44. The number of pyridine rings is 1. The van der Waals surface area contributed by atoms with Gasteiger partial charge in [-0.05, 0) is 12.1 Å². The molecule has 0 aliphatic heterocycles. The number of amides is 3. The van der Waals surface area contributed by atoms with E-state index in [0.29, 0.717) is 5.02 Å². The first-order valence-electron chi connectivity index (χ1n) is 6.45. The summed E-state index contributed by atoms with van der Waals surface area (Å²) in [5.41, 5.74) is 0.0496. The second-order valence-electron chi connectivity index (χ2n) is 4.15. The van der Waals surface area contributed by atoms with Crippen LogP contribution in [0.15, 0.2) is 18.3 Å². The van der Waals surface area contributed by atoms with Gasteiger partial charge in [0.1, 0.15) is 12.2 Å². The summed E-state index contributed by atoms with van der Waals surface area (Å²) in [5.74, 6) is -2.43. The third-order valence-corrected chi connectivity index (χ3v) is 2.67. The Kier molecular flexibility index (Phi) is 7.48. The van der Waals surface area contributed by atoms with Gasteiger partial charge in [-0.3, -0.25) is 24.2 Å². The molecule has 9 nitrogen and oxygen atoms in total. The minimum atomic E-state index is -0.810. The van der Waals surface area contributed by atoms with Crippen LogP contribution in [-0.2, 0) is 19.1 Å². The van der Waals surface area contributed by atoms with Gasteiger partial charge >= 0.3 is 5.97 Å². The van der Waals surface area contributed by atoms with Crippen LogP contribution >= 0.6 is 11.6 Å². The van der Waals surface area contributed by atoms with Crippen LogP contribution in [0.1, 0.15) is 10.5 Å². The van der Waals surface area contributed by atoms with E-state index in [4.69, 9.17) is 11.6 Å². The predicted molar refractivity (Wildman–Crippen MR) is 79.6 cm³/mol. The molecule has 0 bridgehead atoms. The molecular formula is C13H15ClN4O5. The van der Waals surface area contributed by atoms with Crippen molar-refractivity contribution in [3.8, 4) is 0 Å². The number of hydrogen-bond donors (Lipinski definition) is 3. The van der Waals surface area contributed by atoms with E-state index in [2.05, 4.69) is 25.7 Å². The number of halogens is 1. The second kappa shape index (κ2) is 9.36. The molecule has 23 heavy (non-hydrogen) atoms. The zero-order valence-electron chi connectivity index (χ0n) is 12.2. The SMILES string of the molecule is CNC(=O)CNC(=O)COC(=O)CNC(=O)c1cc(Cl)ccn1. The Labute approximate surface area is 136 Å². The molecule has 1 heterocycles. The Bertz CT molecular complexity index is 608. The average Bonchev–Trinajstić information content (AvgIpc) is 2.55. The molecule has 0 saturated carbocycles. The molecule has 0 aliphatic rings. The van der Waals surface area contributed by atoms with Crippen molar-refractivity contribution < 1.29 is 23.9 Å². The summed E-state index contributed by atoms with van der Waals surface area (Å²) >= 11 is 5.71. The Balaban J connectivity index is 2.27. The maximum Gasteiger partial charge on any atom is 0.325 e. The number of nitrogens with zero attached hydrogens (tertiary/aromatic N) is 1. The lowest BCUT2D eigenvalue weighted by Gasteiger charge is -2.07. The summed E-state index contributed by atoms with van der Waals surface area (Å²) in [6.07, 6.45) is 1.35. The molecule has 0 radical (unpaired) electrons. The van der Waals surface area contributed by atoms with Crippen LogP contribution in [0, 0.1) is 0 Å². The van der Waals surface area contributed by atoms with E-state index in [1.165, 1.54) is 25.4 Å². The Hall–Kier alpha value is -2.68. The van der Waals surface area contributed by atoms with Crippen LogP contribution in [0.4, 0.5) is 0 Å². The van der Waals surface area contributed by atoms with Gasteiger partial charge in [0, 0.05) is 18.3 Å². The molecule has 0 unspecified atom stereocenters. The van der Waals surface area contributed by atoms with Gasteiger partial charge in [-0.15, -0.1) is 0 Å². The van der Waals surface area contributed by atoms with E-state index in [-0.39, 0.29) is 18.1 Å². The molecular weight excluding hydrogens is 328 g/mol. The van der Waals surface area contributed by atoms with Gasteiger partial charge in [-0.25, -0.2) is 0 Å². The molecule has 3 N–H and O–H groups in total. The van der Waals surface area contributed by atoms with Crippen LogP contribution < -0.4 is 16.0 Å². The maximum atomic E-state index is 11.7. The number of carbonyl (C=O) groups is 4. The fourth-order valence-electron chi connectivity index (χ4n) is 1.29. The third kappa shape index (κ3) is 7.23. The number of esters is 1. The monoisotopic (exact) mass is 342 g/mol. The molecule has 0 fully saturated rings. The largest absolute Gasteiger partial charge is 0.454 e. The van der Waals surface area contributed by atoms with Gasteiger partial charge in [-0.2, -0.15) is 0 Å². The van der Waals surface area contributed by atoms with Crippen LogP contribution in [-0.4, -0.2) is 55.4 Å². The van der Waals surface area contributed by atoms with E-state index in [0.717, 1.165) is 0 Å². The highest BCUT2D eigenvalue weighted by molar-refractivity contribution is 6.30. The average molecular weight is 343 g/mol. The van der Waals surface area contributed by atoms with Gasteiger partial charge in [0.05, 0.1) is 6.54 Å². The number of rotatable bonds is 7. The molecule has 3 amide bonds. The van der Waals surface area contributed by atoms with Gasteiger partial charge in [0.2, 0.25) is 5.91 Å². The summed E-state index contributed by atoms with van der Waals surface area (Å²) in [4.78, 5) is 49.1. The van der Waals surface area contributed by atoms with Gasteiger partial charge < -0.3 is 20.7 Å². The molecule has 0 atom stereocenters. The summed E-state index contributed by atoms with van der Waals surface area (Å²) < 4.78 is 4.64. The molecule has 1 aromatic rings. The van der Waals surface area contributed by atoms with E-state index in [9.17, 15) is 19.2 Å². The lowest BCUT2D eigenvalue weighted by Crippen LogP contribution is -2.38. The minimum Gasteiger partial charge on any atom is -0.454 e. The van der Waals surface area contributed by atoms with Crippen LogP contribution in [0.2, 0.25) is 5.02 Å². The van der Waals surface area contributed by atoms with Crippen molar-refractivity contribution in [3.05, 3.63) is 29.0 Å². The summed E-state index contributed by atoms with van der Waals surface area (Å²) in [7, 11) is 1.42. The van der Waals surface area contributed by atoms with E-state index in [1.54, 1.807) is 0 Å². The standard InChI is InChI=1S/C13H15ClN4O5/c1-15-10(19)5-17-11(20)7-23-12(21)6-18-13(22)9-4-8(14)2-3-16-9/h2-4H,5-7H2,1H3,(H,15,19)(H,17,20)(H,18,22). The molecule has 1 rings (SSSR count). The topological polar surface area (TPSA) is 126 Å². The Morgan fingerprint density at radius 1 is 1.17 bits per heavy atom. The van der Waals surface area contributed by atoms with Crippen LogP contribution in [0.5, 0.6) is 0 Å². The predicted octanol–water partition coefficient (Wildman–Crippen LogP) is -1.13. The zero-order valence-corrected chi connectivity index (χ0v) is 13.0. The minimum absolute atomic E-state index is 0.0496. The number of aromatic nitrogens is 1. The molecule has 10 heteroatoms. The molecule has 124 valence electrons. The summed E-state index contributed by atoms with van der Waals surface area (Å²) in [5, 5.41) is 7.17. The first-order valence-corrected chi connectivity index (χ1v) is 6.83. The first-order chi connectivity index (χ1) is 10.9. The quantitative estimate of drug-likeness (QED) is 0.538. The first kappa shape index (κ1) is 18.4. The lowest BCUT2D eigenvalue weighted by atomic mass is 10.3. The number of carbonyl (C=O) groups excluding carboxylic acids is 4. The van der Waals surface area contributed by atoms with E-state index in [1.807, 2.05) is 0 Å². The second-order valence-corrected chi connectivity index (χ2v) is 4.59. The van der Waals surface area contributed by atoms with Crippen molar-refractivity contribution in [2.24, 2.45) is 0 Å². The van der Waals surface area contributed by atoms with Crippen LogP contribution in [0.25, 0.3) is 0 Å². The molecule has 0 spiro atoms. The fraction of sp³-hybridized carbons (Fsp3) is 0.308. The zero-order chi connectivity index (χ0) is 17.2. The van der Waals surface area contributed by atoms with Gasteiger partial charge in [-0.1, -0.05) is 11.6 Å². The number of hydrogen-bond acceptors (Lipinski definition) is 6. The normalized spacial score (nSPS) is 9.65. The van der Waals surface area contributed by atoms with Crippen LogP contribution in [0.3, 0.4) is 0 Å². The van der Waals surface area contributed by atoms with Gasteiger partial charge in [0.15, 0.2) is 6.61 Å². The molecule has 0 aliphatic carbocycles. The number of nitrogens with one attached hydrogen (secondary N) is 3. The Morgan fingerprint density at radius 2 is 1.91 bits per heavy atom. The highest BCUT2D eigenvalue weighted by Crippen LogP contribution is 2.07. The lowest BCUT2D eigenvalue weighted by molar-refractivity contribution is -0.147. The van der Waals surface area contributed by atoms with E-state index < -0.39 is 30.9 Å². The van der Waals surface area contributed by atoms with E-state index >= 15 is 0 Å². The van der Waals surface area contributed by atoms with Crippen molar-refractivity contribution in [2.45, 2.75) is 0 Å². The summed E-state index contributed by atoms with van der Waals surface area (Å²) in [6.45, 7) is -1.21. The maximum absolute atomic E-state index is 11.7. The van der Waals surface area contributed by atoms with Crippen molar-refractivity contribution in [2.75, 3.05) is 26.7 Å². The fourth-order valence-corrected chi connectivity index (χ4v) is 1.45. The van der Waals surface area contributed by atoms with Crippen molar-refractivity contribution in [3.63, 3.8) is 0 Å². The molecule has 1 aromatic heterocycles. The molecule has 0 aromatic carbocycles. The molecule has 0 saturated heterocycles. The number of likely N-dealkylation sites (N-methyl/N-ethyl adjacent to an activating group) is 1. The Morgan fingerprint density at radius 3 is 2.57 bits per heavy atom. The highest BCUT2D eigenvalue weighted by atomic mass is 35.5. The highest BCUT2D eigenvalue weighted by Gasteiger charge is 2.12. The van der Waals surface area contributed by atoms with Gasteiger partial charge in [0.25, 0.3) is 11.8 Å². The van der Waals surface area contributed by atoms with Crippen molar-refractivity contribution >= 4 is 35.3 Å².